The number of hydrogen-bond acceptors (Lipinski definition) is 1. The van der Waals surface area contributed by atoms with E-state index in [1.165, 1.54) is 103 Å². The fraction of sp³-hybridized carbons (Fsp3) is 0.0204. The number of para-hydroxylation sites is 3. The van der Waals surface area contributed by atoms with Gasteiger partial charge in [-0.2, -0.15) is 0 Å². The SMILES string of the molecule is Cc1cc(-c2ccc3sc4ccccc4c3c2)cc(-n2c3ccccc3c3cc(-c4ccc5c(c4)c4ccccc4n5-c4ccccc4)ccc32)c1. The molecule has 0 saturated heterocycles. The third kappa shape index (κ3) is 4.43. The average Bonchev–Trinajstić information content (AvgIpc) is 3.85. The summed E-state index contributed by atoms with van der Waals surface area (Å²) in [6.07, 6.45) is 0. The predicted molar refractivity (Wildman–Crippen MR) is 224 cm³/mol. The lowest BCUT2D eigenvalue weighted by Gasteiger charge is -2.13. The van der Waals surface area contributed by atoms with Crippen molar-refractivity contribution in [2.45, 2.75) is 6.92 Å². The van der Waals surface area contributed by atoms with E-state index in [9.17, 15) is 0 Å². The van der Waals surface area contributed by atoms with Crippen molar-refractivity contribution in [1.82, 2.24) is 9.13 Å². The number of benzene rings is 8. The number of thiophene rings is 1. The molecule has 3 heteroatoms. The van der Waals surface area contributed by atoms with Crippen LogP contribution in [0.3, 0.4) is 0 Å². The Morgan fingerprint density at radius 1 is 0.327 bits per heavy atom. The zero-order valence-electron chi connectivity index (χ0n) is 28.5. The molecule has 3 heterocycles. The number of aromatic nitrogens is 2. The van der Waals surface area contributed by atoms with Gasteiger partial charge in [0.2, 0.25) is 0 Å². The molecule has 0 N–H and O–H groups in total. The first-order valence-corrected chi connectivity index (χ1v) is 18.7. The van der Waals surface area contributed by atoms with Crippen molar-refractivity contribution in [3.8, 4) is 33.6 Å². The highest BCUT2D eigenvalue weighted by atomic mass is 32.1. The van der Waals surface area contributed by atoms with Crippen LogP contribution in [0.1, 0.15) is 5.56 Å². The first-order valence-electron chi connectivity index (χ1n) is 17.8. The normalized spacial score (nSPS) is 11.9. The smallest absolute Gasteiger partial charge is 0.0541 e. The molecule has 0 saturated carbocycles. The molecule has 8 aromatic carbocycles. The maximum Gasteiger partial charge on any atom is 0.0541 e. The van der Waals surface area contributed by atoms with Gasteiger partial charge in [0.15, 0.2) is 0 Å². The van der Waals surface area contributed by atoms with Gasteiger partial charge in [0.1, 0.15) is 0 Å². The van der Waals surface area contributed by atoms with Crippen molar-refractivity contribution in [3.63, 3.8) is 0 Å². The molecule has 0 aliphatic rings. The van der Waals surface area contributed by atoms with E-state index < -0.39 is 0 Å². The molecule has 52 heavy (non-hydrogen) atoms. The van der Waals surface area contributed by atoms with Gasteiger partial charge in [0.05, 0.1) is 22.1 Å². The molecule has 11 aromatic rings. The van der Waals surface area contributed by atoms with Gasteiger partial charge >= 0.3 is 0 Å². The van der Waals surface area contributed by atoms with Gasteiger partial charge in [0, 0.05) is 53.1 Å². The summed E-state index contributed by atoms with van der Waals surface area (Å²) in [5.74, 6) is 0. The molecule has 0 aliphatic heterocycles. The maximum absolute atomic E-state index is 2.44. The molecule has 0 amide bonds. The Hall–Kier alpha value is -6.42. The van der Waals surface area contributed by atoms with Gasteiger partial charge < -0.3 is 9.13 Å². The van der Waals surface area contributed by atoms with Crippen LogP contribution in [0, 0.1) is 6.92 Å². The Morgan fingerprint density at radius 2 is 0.827 bits per heavy atom. The van der Waals surface area contributed by atoms with E-state index in [0.717, 1.165) is 0 Å². The fourth-order valence-electron chi connectivity index (χ4n) is 8.40. The van der Waals surface area contributed by atoms with Crippen LogP contribution in [0.25, 0.3) is 97.4 Å². The molecule has 0 fully saturated rings. The van der Waals surface area contributed by atoms with Crippen molar-refractivity contribution < 1.29 is 0 Å². The van der Waals surface area contributed by atoms with E-state index in [1.807, 2.05) is 11.3 Å². The standard InChI is InChI=1S/C49H32N2S/c1-31-25-35(34-21-24-49-43(30-34)40-15-7-10-18-48(40)52-49)27-37(26-31)51-45-17-9-6-14-39(45)42-29-33(20-23-47(42)51)32-19-22-46-41(28-32)38-13-5-8-16-44(38)50(46)36-11-3-2-4-12-36/h2-30H,1H3. The van der Waals surface area contributed by atoms with Crippen LogP contribution >= 0.6 is 11.3 Å². The molecule has 11 rings (SSSR count). The molecule has 0 aliphatic carbocycles. The van der Waals surface area contributed by atoms with Gasteiger partial charge in [-0.25, -0.2) is 0 Å². The zero-order chi connectivity index (χ0) is 34.3. The van der Waals surface area contributed by atoms with E-state index >= 15 is 0 Å². The molecule has 0 atom stereocenters. The minimum Gasteiger partial charge on any atom is -0.309 e. The monoisotopic (exact) mass is 680 g/mol. The Kier molecular flexibility index (Phi) is 6.37. The maximum atomic E-state index is 2.44. The van der Waals surface area contributed by atoms with Crippen molar-refractivity contribution in [3.05, 3.63) is 181 Å². The molecule has 0 unspecified atom stereocenters. The van der Waals surface area contributed by atoms with Gasteiger partial charge in [-0.1, -0.05) is 97.1 Å². The first kappa shape index (κ1) is 29.3. The summed E-state index contributed by atoms with van der Waals surface area (Å²) in [5, 5.41) is 7.71. The van der Waals surface area contributed by atoms with Crippen LogP contribution in [0.2, 0.25) is 0 Å². The molecule has 0 spiro atoms. The predicted octanol–water partition coefficient (Wildman–Crippen LogP) is 13.9. The number of rotatable bonds is 4. The second-order valence-electron chi connectivity index (χ2n) is 13.9. The van der Waals surface area contributed by atoms with Crippen LogP contribution in [-0.2, 0) is 0 Å². The highest BCUT2D eigenvalue weighted by Crippen LogP contribution is 2.40. The van der Waals surface area contributed by atoms with Gasteiger partial charge in [-0.3, -0.25) is 0 Å². The van der Waals surface area contributed by atoms with Crippen LogP contribution in [0.15, 0.2) is 176 Å². The summed E-state index contributed by atoms with van der Waals surface area (Å²) in [4.78, 5) is 0. The lowest BCUT2D eigenvalue weighted by atomic mass is 10.00. The van der Waals surface area contributed by atoms with E-state index in [2.05, 4.69) is 192 Å². The van der Waals surface area contributed by atoms with E-state index in [0.29, 0.717) is 0 Å². The Bertz CT molecular complexity index is 3190. The summed E-state index contributed by atoms with van der Waals surface area (Å²) in [6.45, 7) is 2.21. The second kappa shape index (κ2) is 11.3. The Morgan fingerprint density at radius 3 is 1.52 bits per heavy atom. The zero-order valence-corrected chi connectivity index (χ0v) is 29.4. The fourth-order valence-corrected chi connectivity index (χ4v) is 9.49. The van der Waals surface area contributed by atoms with E-state index in [-0.39, 0.29) is 0 Å². The van der Waals surface area contributed by atoms with Crippen LogP contribution in [0.5, 0.6) is 0 Å². The van der Waals surface area contributed by atoms with Crippen molar-refractivity contribution in [1.29, 1.82) is 0 Å². The molecule has 244 valence electrons. The minimum absolute atomic E-state index is 1.18. The lowest BCUT2D eigenvalue weighted by Crippen LogP contribution is -1.95. The highest BCUT2D eigenvalue weighted by Gasteiger charge is 2.17. The summed E-state index contributed by atoms with van der Waals surface area (Å²) < 4.78 is 7.49. The van der Waals surface area contributed by atoms with Gasteiger partial charge in [-0.05, 0) is 114 Å². The van der Waals surface area contributed by atoms with Gasteiger partial charge in [0.25, 0.3) is 0 Å². The first-order chi connectivity index (χ1) is 25.7. The van der Waals surface area contributed by atoms with E-state index in [4.69, 9.17) is 0 Å². The lowest BCUT2D eigenvalue weighted by molar-refractivity contribution is 1.17. The Balaban J connectivity index is 1.07. The molecule has 0 radical (unpaired) electrons. The number of fused-ring (bicyclic) bond motifs is 9. The average molecular weight is 681 g/mol. The van der Waals surface area contributed by atoms with Crippen LogP contribution < -0.4 is 0 Å². The van der Waals surface area contributed by atoms with Crippen LogP contribution in [-0.4, -0.2) is 9.13 Å². The summed E-state index contributed by atoms with van der Waals surface area (Å²) in [6, 6.07) is 64.8. The van der Waals surface area contributed by atoms with Gasteiger partial charge in [-0.15, -0.1) is 11.3 Å². The molecular formula is C49H32N2S. The topological polar surface area (TPSA) is 9.86 Å². The largest absolute Gasteiger partial charge is 0.309 e. The van der Waals surface area contributed by atoms with Crippen molar-refractivity contribution in [2.24, 2.45) is 0 Å². The summed E-state index contributed by atoms with van der Waals surface area (Å²) >= 11 is 1.87. The quantitative estimate of drug-likeness (QED) is 0.175. The molecular weight excluding hydrogens is 649 g/mol. The Labute approximate surface area is 305 Å². The third-order valence-corrected chi connectivity index (χ3v) is 11.9. The number of nitrogens with zero attached hydrogens (tertiary/aromatic N) is 2. The molecule has 3 aromatic heterocycles. The summed E-state index contributed by atoms with van der Waals surface area (Å²) in [7, 11) is 0. The number of hydrogen-bond donors (Lipinski definition) is 0. The third-order valence-electron chi connectivity index (χ3n) is 10.7. The summed E-state index contributed by atoms with van der Waals surface area (Å²) in [5.41, 5.74) is 13.4. The number of aryl methyl sites for hydroxylation is 1. The van der Waals surface area contributed by atoms with Crippen LogP contribution in [0.4, 0.5) is 0 Å². The highest BCUT2D eigenvalue weighted by molar-refractivity contribution is 7.25. The van der Waals surface area contributed by atoms with Crippen molar-refractivity contribution >= 4 is 75.1 Å². The molecule has 0 bridgehead atoms. The minimum atomic E-state index is 1.18. The van der Waals surface area contributed by atoms with Crippen molar-refractivity contribution in [2.75, 3.05) is 0 Å². The molecule has 2 nitrogen and oxygen atoms in total. The second-order valence-corrected chi connectivity index (χ2v) is 15.0. The van der Waals surface area contributed by atoms with E-state index in [1.54, 1.807) is 0 Å².